The highest BCUT2D eigenvalue weighted by atomic mass is 16.7. The maximum Gasteiger partial charge on any atom is 0.300 e. The Morgan fingerprint density at radius 1 is 1.24 bits per heavy atom. The zero-order chi connectivity index (χ0) is 17.7. The van der Waals surface area contributed by atoms with E-state index in [0.29, 0.717) is 0 Å². The third kappa shape index (κ3) is 2.68. The molecule has 3 heterocycles. The Hall–Kier alpha value is -2.09. The molecule has 4 aliphatic rings. The summed E-state index contributed by atoms with van der Waals surface area (Å²) in [6.45, 7) is 3.19. The molecule has 0 radical (unpaired) electrons. The fourth-order valence-corrected chi connectivity index (χ4v) is 4.35. The molecule has 0 aromatic heterocycles. The predicted molar refractivity (Wildman–Crippen MR) is 87.5 cm³/mol. The number of carboxylic acid groups (broad SMARTS) is 1. The van der Waals surface area contributed by atoms with E-state index in [2.05, 4.69) is 4.90 Å². The number of ether oxygens (including phenoxy) is 2. The van der Waals surface area contributed by atoms with E-state index in [9.17, 15) is 10.2 Å². The number of benzene rings is 1. The molecular weight excluding hydrogens is 326 g/mol. The van der Waals surface area contributed by atoms with E-state index < -0.39 is 18.2 Å². The van der Waals surface area contributed by atoms with Crippen molar-refractivity contribution in [1.29, 1.82) is 0 Å². The van der Waals surface area contributed by atoms with Crippen molar-refractivity contribution in [2.75, 3.05) is 13.3 Å². The number of aliphatic hydroxyl groups is 2. The second kappa shape index (κ2) is 6.01. The average molecular weight is 347 g/mol. The molecule has 25 heavy (non-hydrogen) atoms. The van der Waals surface area contributed by atoms with Gasteiger partial charge in [-0.3, -0.25) is 9.69 Å². The smallest absolute Gasteiger partial charge is 0.300 e. The lowest BCUT2D eigenvalue weighted by Gasteiger charge is -2.44. The molecule has 1 aliphatic carbocycles. The molecule has 5 rings (SSSR count). The lowest BCUT2D eigenvalue weighted by molar-refractivity contribution is -0.134. The first-order valence-corrected chi connectivity index (χ1v) is 8.38. The Labute approximate surface area is 145 Å². The zero-order valence-corrected chi connectivity index (χ0v) is 13.9. The molecular formula is C18H21NO6. The normalized spacial score (nSPS) is 31.4. The molecule has 0 unspecified atom stereocenters. The van der Waals surface area contributed by atoms with Gasteiger partial charge < -0.3 is 24.8 Å². The van der Waals surface area contributed by atoms with Crippen LogP contribution in [0.15, 0.2) is 23.8 Å². The van der Waals surface area contributed by atoms with Gasteiger partial charge in [0.1, 0.15) is 0 Å². The van der Waals surface area contributed by atoms with Gasteiger partial charge in [0.25, 0.3) is 5.97 Å². The van der Waals surface area contributed by atoms with Crippen molar-refractivity contribution in [2.24, 2.45) is 0 Å². The van der Waals surface area contributed by atoms with Crippen LogP contribution in [0.4, 0.5) is 0 Å². The molecule has 0 amide bonds. The summed E-state index contributed by atoms with van der Waals surface area (Å²) in [7, 11) is 0. The topological polar surface area (TPSA) is 99.5 Å². The Bertz CT molecular complexity index is 741. The van der Waals surface area contributed by atoms with Gasteiger partial charge in [0, 0.05) is 32.0 Å². The van der Waals surface area contributed by atoms with Crippen LogP contribution in [0.25, 0.3) is 0 Å². The number of fused-ring (bicyclic) bond motifs is 3. The second-order valence-electron chi connectivity index (χ2n) is 6.84. The van der Waals surface area contributed by atoms with Crippen molar-refractivity contribution in [2.45, 2.75) is 44.1 Å². The van der Waals surface area contributed by atoms with Gasteiger partial charge >= 0.3 is 0 Å². The van der Waals surface area contributed by atoms with Crippen LogP contribution >= 0.6 is 0 Å². The third-order valence-electron chi connectivity index (χ3n) is 5.27. The van der Waals surface area contributed by atoms with Crippen LogP contribution < -0.4 is 9.47 Å². The Morgan fingerprint density at radius 3 is 2.64 bits per heavy atom. The summed E-state index contributed by atoms with van der Waals surface area (Å²) in [6, 6.07) is 4.25. The summed E-state index contributed by atoms with van der Waals surface area (Å²) in [4.78, 5) is 11.4. The summed E-state index contributed by atoms with van der Waals surface area (Å²) in [5.41, 5.74) is 3.54. The van der Waals surface area contributed by atoms with Crippen LogP contribution in [0, 0.1) is 0 Å². The molecule has 134 valence electrons. The van der Waals surface area contributed by atoms with Gasteiger partial charge in [-0.1, -0.05) is 11.6 Å². The fourth-order valence-electron chi connectivity index (χ4n) is 4.35. The largest absolute Gasteiger partial charge is 0.481 e. The maximum absolute atomic E-state index is 10.5. The summed E-state index contributed by atoms with van der Waals surface area (Å²) in [6.07, 6.45) is 1.28. The summed E-state index contributed by atoms with van der Waals surface area (Å²) in [5.74, 6) is 0.617. The van der Waals surface area contributed by atoms with Crippen LogP contribution in [0.2, 0.25) is 0 Å². The van der Waals surface area contributed by atoms with Crippen molar-refractivity contribution in [1.82, 2.24) is 4.90 Å². The van der Waals surface area contributed by atoms with Crippen LogP contribution in [0.5, 0.6) is 11.5 Å². The van der Waals surface area contributed by atoms with E-state index in [0.717, 1.165) is 43.5 Å². The molecule has 4 atom stereocenters. The highest BCUT2D eigenvalue weighted by molar-refractivity contribution is 5.63. The van der Waals surface area contributed by atoms with Crippen molar-refractivity contribution < 1.29 is 29.6 Å². The second-order valence-corrected chi connectivity index (χ2v) is 6.84. The van der Waals surface area contributed by atoms with Crippen molar-refractivity contribution in [3.8, 4) is 11.5 Å². The highest BCUT2D eigenvalue weighted by Crippen LogP contribution is 2.49. The number of aliphatic hydroxyl groups excluding tert-OH is 2. The SMILES string of the molecule is CC(=O)O.O[C@H]1[C@H]2c3cc4c(cc3CN3CCC(=C[C@@H]1O)[C@H]23)OCO4. The first-order chi connectivity index (χ1) is 12.0. The highest BCUT2D eigenvalue weighted by Gasteiger charge is 2.48. The van der Waals surface area contributed by atoms with Gasteiger partial charge in [-0.15, -0.1) is 0 Å². The van der Waals surface area contributed by atoms with E-state index in [1.54, 1.807) is 0 Å². The molecule has 1 saturated heterocycles. The fraction of sp³-hybridized carbons (Fsp3) is 0.500. The van der Waals surface area contributed by atoms with Gasteiger partial charge in [0.15, 0.2) is 11.5 Å². The van der Waals surface area contributed by atoms with E-state index in [4.69, 9.17) is 19.4 Å². The molecule has 1 aromatic carbocycles. The number of carboxylic acids is 1. The molecule has 0 saturated carbocycles. The molecule has 3 N–H and O–H groups in total. The molecule has 1 fully saturated rings. The van der Waals surface area contributed by atoms with Gasteiger partial charge in [-0.25, -0.2) is 0 Å². The number of hydrogen-bond donors (Lipinski definition) is 3. The monoisotopic (exact) mass is 347 g/mol. The number of rotatable bonds is 0. The molecule has 7 heteroatoms. The molecule has 1 aromatic rings. The van der Waals surface area contributed by atoms with Crippen molar-refractivity contribution >= 4 is 5.97 Å². The lowest BCUT2D eigenvalue weighted by Crippen LogP contribution is -2.49. The number of hydrogen-bond acceptors (Lipinski definition) is 6. The van der Waals surface area contributed by atoms with Gasteiger partial charge in [-0.05, 0) is 29.7 Å². The first-order valence-electron chi connectivity index (χ1n) is 8.38. The minimum absolute atomic E-state index is 0.0826. The Balaban J connectivity index is 0.000000358. The Morgan fingerprint density at radius 2 is 1.92 bits per heavy atom. The summed E-state index contributed by atoms with van der Waals surface area (Å²) < 4.78 is 10.9. The number of nitrogens with zero attached hydrogens (tertiary/aromatic N) is 1. The summed E-state index contributed by atoms with van der Waals surface area (Å²) >= 11 is 0. The molecule has 0 spiro atoms. The van der Waals surface area contributed by atoms with Crippen LogP contribution in [-0.2, 0) is 11.3 Å². The predicted octanol–water partition coefficient (Wildman–Crippen LogP) is 0.839. The van der Waals surface area contributed by atoms with Crippen LogP contribution in [0.1, 0.15) is 30.4 Å². The molecule has 3 aliphatic heterocycles. The first kappa shape index (κ1) is 16.4. The Kier molecular flexibility index (Phi) is 3.94. The van der Waals surface area contributed by atoms with Crippen LogP contribution in [-0.4, -0.2) is 57.8 Å². The average Bonchev–Trinajstić information content (AvgIpc) is 3.15. The van der Waals surface area contributed by atoms with Crippen LogP contribution in [0.3, 0.4) is 0 Å². The van der Waals surface area contributed by atoms with Gasteiger partial charge in [0.05, 0.1) is 12.2 Å². The standard InChI is InChI=1S/C16H17NO4.C2H4O2/c18-11-3-8-1-2-17-6-9-4-12-13(21-7-20-12)5-10(9)14(15(8)17)16(11)19;1-2(3)4/h3-5,11,14-16,18-19H,1-2,6-7H2;1H3,(H,3,4)/t11-,14-,15+,16+;/m0./s1. The zero-order valence-electron chi connectivity index (χ0n) is 13.9. The minimum atomic E-state index is -0.833. The number of aliphatic carboxylic acids is 1. The lowest BCUT2D eigenvalue weighted by atomic mass is 9.73. The van der Waals surface area contributed by atoms with E-state index >= 15 is 0 Å². The van der Waals surface area contributed by atoms with Gasteiger partial charge in [0.2, 0.25) is 6.79 Å². The van der Waals surface area contributed by atoms with Crippen molar-refractivity contribution in [3.63, 3.8) is 0 Å². The minimum Gasteiger partial charge on any atom is -0.481 e. The quantitative estimate of drug-likeness (QED) is 0.598. The third-order valence-corrected chi connectivity index (χ3v) is 5.27. The van der Waals surface area contributed by atoms with E-state index in [-0.39, 0.29) is 18.8 Å². The summed E-state index contributed by atoms with van der Waals surface area (Å²) in [5, 5.41) is 28.1. The molecule has 7 nitrogen and oxygen atoms in total. The van der Waals surface area contributed by atoms with E-state index in [1.165, 1.54) is 11.1 Å². The maximum atomic E-state index is 10.5. The van der Waals surface area contributed by atoms with Gasteiger partial charge in [-0.2, -0.15) is 0 Å². The van der Waals surface area contributed by atoms with E-state index in [1.807, 2.05) is 18.2 Å². The molecule has 0 bridgehead atoms. The number of carbonyl (C=O) groups is 1. The van der Waals surface area contributed by atoms with Crippen molar-refractivity contribution in [3.05, 3.63) is 34.9 Å².